The molecule has 0 saturated heterocycles. The average molecular weight is 246 g/mol. The van der Waals surface area contributed by atoms with Crippen LogP contribution in [0.2, 0.25) is 0 Å². The summed E-state index contributed by atoms with van der Waals surface area (Å²) < 4.78 is 26.1. The highest BCUT2D eigenvalue weighted by Crippen LogP contribution is 2.22. The Labute approximate surface area is 101 Å². The fourth-order valence-corrected chi connectivity index (χ4v) is 1.70. The average Bonchev–Trinajstić information content (AvgIpc) is 2.72. The zero-order chi connectivity index (χ0) is 12.5. The SMILES string of the molecule is Fc1cc(F)cc(Nc2n[nH]c3cccnc23)c1. The highest BCUT2D eigenvalue weighted by Gasteiger charge is 2.07. The van der Waals surface area contributed by atoms with E-state index in [1.807, 2.05) is 6.07 Å². The van der Waals surface area contributed by atoms with E-state index in [9.17, 15) is 8.78 Å². The molecule has 0 unspecified atom stereocenters. The first-order chi connectivity index (χ1) is 8.72. The second-order valence-electron chi connectivity index (χ2n) is 3.75. The number of halogens is 2. The maximum absolute atomic E-state index is 13.0. The molecule has 3 rings (SSSR count). The lowest BCUT2D eigenvalue weighted by Crippen LogP contribution is -1.93. The van der Waals surface area contributed by atoms with Gasteiger partial charge in [0, 0.05) is 18.0 Å². The molecule has 1 aromatic carbocycles. The number of aromatic amines is 1. The number of hydrogen-bond acceptors (Lipinski definition) is 3. The second-order valence-corrected chi connectivity index (χ2v) is 3.75. The monoisotopic (exact) mass is 246 g/mol. The largest absolute Gasteiger partial charge is 0.337 e. The van der Waals surface area contributed by atoms with E-state index in [2.05, 4.69) is 20.5 Å². The quantitative estimate of drug-likeness (QED) is 0.730. The minimum Gasteiger partial charge on any atom is -0.337 e. The van der Waals surface area contributed by atoms with Crippen LogP contribution in [0.5, 0.6) is 0 Å². The summed E-state index contributed by atoms with van der Waals surface area (Å²) >= 11 is 0. The third kappa shape index (κ3) is 1.88. The van der Waals surface area contributed by atoms with Crippen LogP contribution in [0.25, 0.3) is 11.0 Å². The van der Waals surface area contributed by atoms with Gasteiger partial charge < -0.3 is 5.32 Å². The van der Waals surface area contributed by atoms with Crippen LogP contribution in [0.4, 0.5) is 20.3 Å². The number of rotatable bonds is 2. The van der Waals surface area contributed by atoms with Gasteiger partial charge >= 0.3 is 0 Å². The summed E-state index contributed by atoms with van der Waals surface area (Å²) in [5, 5.41) is 9.61. The molecule has 0 amide bonds. The molecule has 0 radical (unpaired) electrons. The van der Waals surface area contributed by atoms with Gasteiger partial charge in [0.05, 0.1) is 5.52 Å². The lowest BCUT2D eigenvalue weighted by molar-refractivity contribution is 0.584. The van der Waals surface area contributed by atoms with E-state index in [-0.39, 0.29) is 5.69 Å². The molecular weight excluding hydrogens is 238 g/mol. The van der Waals surface area contributed by atoms with Crippen molar-refractivity contribution in [3.63, 3.8) is 0 Å². The van der Waals surface area contributed by atoms with Gasteiger partial charge in [-0.2, -0.15) is 5.10 Å². The molecule has 0 aliphatic heterocycles. The van der Waals surface area contributed by atoms with E-state index in [1.54, 1.807) is 12.3 Å². The number of nitrogens with one attached hydrogen (secondary N) is 2. The highest BCUT2D eigenvalue weighted by atomic mass is 19.1. The molecule has 3 aromatic rings. The predicted octanol–water partition coefficient (Wildman–Crippen LogP) is 2.98. The first-order valence-corrected chi connectivity index (χ1v) is 5.24. The molecule has 2 N–H and O–H groups in total. The molecule has 2 heterocycles. The summed E-state index contributed by atoms with van der Waals surface area (Å²) in [6.45, 7) is 0. The fraction of sp³-hybridized carbons (Fsp3) is 0. The Bertz CT molecular complexity index is 688. The van der Waals surface area contributed by atoms with E-state index in [0.717, 1.165) is 11.6 Å². The van der Waals surface area contributed by atoms with Crippen molar-refractivity contribution in [3.05, 3.63) is 48.2 Å². The molecule has 2 aromatic heterocycles. The van der Waals surface area contributed by atoms with E-state index >= 15 is 0 Å². The van der Waals surface area contributed by atoms with Gasteiger partial charge in [-0.25, -0.2) is 8.78 Å². The zero-order valence-electron chi connectivity index (χ0n) is 9.11. The smallest absolute Gasteiger partial charge is 0.178 e. The number of pyridine rings is 1. The Morgan fingerprint density at radius 3 is 2.67 bits per heavy atom. The molecule has 0 aliphatic carbocycles. The standard InChI is InChI=1S/C12H8F2N4/c13-7-4-8(14)6-9(5-7)16-12-11-10(17-18-12)2-1-3-15-11/h1-6H,(H2,16,17,18). The van der Waals surface area contributed by atoms with Gasteiger partial charge in [0.25, 0.3) is 0 Å². The van der Waals surface area contributed by atoms with Crippen LogP contribution >= 0.6 is 0 Å². The molecule has 18 heavy (non-hydrogen) atoms. The Morgan fingerprint density at radius 1 is 1.11 bits per heavy atom. The van der Waals surface area contributed by atoms with Gasteiger partial charge in [0.1, 0.15) is 17.2 Å². The predicted molar refractivity (Wildman–Crippen MR) is 63.5 cm³/mol. The molecule has 0 bridgehead atoms. The summed E-state index contributed by atoms with van der Waals surface area (Å²) in [6.07, 6.45) is 1.62. The van der Waals surface area contributed by atoms with Gasteiger partial charge in [-0.1, -0.05) is 0 Å². The Balaban J connectivity index is 2.01. The lowest BCUT2D eigenvalue weighted by atomic mass is 10.3. The second kappa shape index (κ2) is 4.06. The van der Waals surface area contributed by atoms with Crippen molar-refractivity contribution < 1.29 is 8.78 Å². The number of aromatic nitrogens is 3. The minimum absolute atomic E-state index is 0.284. The Morgan fingerprint density at radius 2 is 1.89 bits per heavy atom. The third-order valence-electron chi connectivity index (χ3n) is 2.45. The minimum atomic E-state index is -0.648. The van der Waals surface area contributed by atoms with Crippen molar-refractivity contribution in [2.75, 3.05) is 5.32 Å². The van der Waals surface area contributed by atoms with Gasteiger partial charge in [-0.15, -0.1) is 0 Å². The van der Waals surface area contributed by atoms with Crippen molar-refractivity contribution in [2.24, 2.45) is 0 Å². The highest BCUT2D eigenvalue weighted by molar-refractivity contribution is 5.87. The van der Waals surface area contributed by atoms with Crippen molar-refractivity contribution in [1.29, 1.82) is 0 Å². The first-order valence-electron chi connectivity index (χ1n) is 5.24. The summed E-state index contributed by atoms with van der Waals surface area (Å²) in [5.74, 6) is -0.869. The van der Waals surface area contributed by atoms with Crippen LogP contribution in [0, 0.1) is 11.6 Å². The van der Waals surface area contributed by atoms with Crippen molar-refractivity contribution >= 4 is 22.5 Å². The van der Waals surface area contributed by atoms with E-state index in [1.165, 1.54) is 12.1 Å². The summed E-state index contributed by atoms with van der Waals surface area (Å²) in [5.41, 5.74) is 1.64. The van der Waals surface area contributed by atoms with Gasteiger partial charge in [0.15, 0.2) is 5.82 Å². The molecule has 0 saturated carbocycles. The normalized spacial score (nSPS) is 10.8. The number of hydrogen-bond donors (Lipinski definition) is 2. The maximum Gasteiger partial charge on any atom is 0.178 e. The van der Waals surface area contributed by atoms with Crippen molar-refractivity contribution in [3.8, 4) is 0 Å². The van der Waals surface area contributed by atoms with Gasteiger partial charge in [-0.05, 0) is 24.3 Å². The lowest BCUT2D eigenvalue weighted by Gasteiger charge is -2.03. The van der Waals surface area contributed by atoms with Crippen LogP contribution < -0.4 is 5.32 Å². The van der Waals surface area contributed by atoms with Crippen LogP contribution in [0.15, 0.2) is 36.5 Å². The molecule has 0 aliphatic rings. The Kier molecular flexibility index (Phi) is 2.40. The fourth-order valence-electron chi connectivity index (χ4n) is 1.70. The summed E-state index contributed by atoms with van der Waals surface area (Å²) in [7, 11) is 0. The molecule has 0 spiro atoms. The molecule has 0 fully saturated rings. The van der Waals surface area contributed by atoms with Crippen LogP contribution in [0.1, 0.15) is 0 Å². The number of anilines is 2. The molecular formula is C12H8F2N4. The van der Waals surface area contributed by atoms with E-state index in [0.29, 0.717) is 11.3 Å². The maximum atomic E-state index is 13.0. The third-order valence-corrected chi connectivity index (χ3v) is 2.45. The molecule has 4 nitrogen and oxygen atoms in total. The number of benzene rings is 1. The summed E-state index contributed by atoms with van der Waals surface area (Å²) in [4.78, 5) is 4.14. The van der Waals surface area contributed by atoms with Crippen LogP contribution in [-0.2, 0) is 0 Å². The Hall–Kier alpha value is -2.50. The van der Waals surface area contributed by atoms with Crippen LogP contribution in [0.3, 0.4) is 0 Å². The zero-order valence-corrected chi connectivity index (χ0v) is 9.11. The van der Waals surface area contributed by atoms with E-state index in [4.69, 9.17) is 0 Å². The molecule has 0 atom stereocenters. The first kappa shape index (κ1) is 10.6. The number of fused-ring (bicyclic) bond motifs is 1. The van der Waals surface area contributed by atoms with Gasteiger partial charge in [0.2, 0.25) is 0 Å². The molecule has 90 valence electrons. The number of H-pyrrole nitrogens is 1. The van der Waals surface area contributed by atoms with E-state index < -0.39 is 11.6 Å². The van der Waals surface area contributed by atoms with Crippen molar-refractivity contribution in [2.45, 2.75) is 0 Å². The molecule has 6 heteroatoms. The van der Waals surface area contributed by atoms with Gasteiger partial charge in [-0.3, -0.25) is 10.1 Å². The van der Waals surface area contributed by atoms with Crippen molar-refractivity contribution in [1.82, 2.24) is 15.2 Å². The number of nitrogens with zero attached hydrogens (tertiary/aromatic N) is 2. The van der Waals surface area contributed by atoms with Crippen LogP contribution in [-0.4, -0.2) is 15.2 Å². The summed E-state index contributed by atoms with van der Waals surface area (Å²) in [6, 6.07) is 6.77. The topological polar surface area (TPSA) is 53.6 Å².